The molecule has 0 aromatic carbocycles. The quantitative estimate of drug-likeness (QED) is 0.571. The number of nitrogens with one attached hydrogen (secondary N) is 1. The maximum Gasteiger partial charge on any atom is 0.336 e. The van der Waals surface area contributed by atoms with Gasteiger partial charge in [-0.05, 0) is 19.9 Å². The Labute approximate surface area is 103 Å². The summed E-state index contributed by atoms with van der Waals surface area (Å²) in [4.78, 5) is 22.3. The molecule has 96 valence electrons. The molecule has 0 unspecified atom stereocenters. The lowest BCUT2D eigenvalue weighted by Crippen LogP contribution is -2.26. The molecular formula is C13H21NO3. The van der Waals surface area contributed by atoms with Crippen molar-refractivity contribution in [1.29, 1.82) is 0 Å². The van der Waals surface area contributed by atoms with E-state index in [9.17, 15) is 9.59 Å². The van der Waals surface area contributed by atoms with Crippen LogP contribution in [-0.4, -0.2) is 23.5 Å². The molecule has 0 saturated heterocycles. The fourth-order valence-corrected chi connectivity index (χ4v) is 1.06. The highest BCUT2D eigenvalue weighted by molar-refractivity contribution is 6.08. The molecule has 17 heavy (non-hydrogen) atoms. The SMILES string of the molecule is C=C/C=C(C(=O)NCC)\C(=C/C)C(=O)O.CC. The number of hydrogen-bond donors (Lipinski definition) is 2. The number of hydrogen-bond acceptors (Lipinski definition) is 2. The number of carboxylic acids is 1. The molecule has 0 radical (unpaired) electrons. The number of allylic oxidation sites excluding steroid dienone is 3. The van der Waals surface area contributed by atoms with E-state index < -0.39 is 11.9 Å². The van der Waals surface area contributed by atoms with Crippen LogP contribution in [-0.2, 0) is 9.59 Å². The average molecular weight is 239 g/mol. The first-order chi connectivity index (χ1) is 8.08. The van der Waals surface area contributed by atoms with Crippen LogP contribution in [0.3, 0.4) is 0 Å². The fraction of sp³-hybridized carbons (Fsp3) is 0.385. The van der Waals surface area contributed by atoms with Gasteiger partial charge in [0.1, 0.15) is 0 Å². The summed E-state index contributed by atoms with van der Waals surface area (Å²) in [6.45, 7) is 11.2. The van der Waals surface area contributed by atoms with Crippen LogP contribution >= 0.6 is 0 Å². The summed E-state index contributed by atoms with van der Waals surface area (Å²) < 4.78 is 0. The minimum Gasteiger partial charge on any atom is -0.478 e. The van der Waals surface area contributed by atoms with Gasteiger partial charge in [-0.25, -0.2) is 4.79 Å². The molecule has 0 aromatic heterocycles. The third-order valence-electron chi connectivity index (χ3n) is 1.68. The monoisotopic (exact) mass is 239 g/mol. The molecule has 0 rings (SSSR count). The van der Waals surface area contributed by atoms with Crippen LogP contribution in [0.4, 0.5) is 0 Å². The Morgan fingerprint density at radius 3 is 2.12 bits per heavy atom. The van der Waals surface area contributed by atoms with E-state index in [2.05, 4.69) is 11.9 Å². The first-order valence-corrected chi connectivity index (χ1v) is 5.59. The first kappa shape index (κ1) is 17.6. The predicted molar refractivity (Wildman–Crippen MR) is 69.7 cm³/mol. The maximum atomic E-state index is 11.5. The zero-order valence-corrected chi connectivity index (χ0v) is 10.9. The van der Waals surface area contributed by atoms with Crippen molar-refractivity contribution in [2.24, 2.45) is 0 Å². The van der Waals surface area contributed by atoms with Gasteiger partial charge in [0.05, 0.1) is 11.1 Å². The second-order valence-corrected chi connectivity index (χ2v) is 2.68. The fourth-order valence-electron chi connectivity index (χ4n) is 1.06. The lowest BCUT2D eigenvalue weighted by molar-refractivity contribution is -0.133. The molecule has 4 nitrogen and oxygen atoms in total. The number of carbonyl (C=O) groups is 2. The van der Waals surface area contributed by atoms with Crippen LogP contribution in [0.25, 0.3) is 0 Å². The second-order valence-electron chi connectivity index (χ2n) is 2.68. The Kier molecular flexibility index (Phi) is 11.0. The number of rotatable bonds is 5. The summed E-state index contributed by atoms with van der Waals surface area (Å²) in [5, 5.41) is 11.4. The van der Waals surface area contributed by atoms with Crippen LogP contribution in [0, 0.1) is 0 Å². The van der Waals surface area contributed by atoms with Gasteiger partial charge >= 0.3 is 5.97 Å². The molecular weight excluding hydrogens is 218 g/mol. The molecule has 0 aliphatic heterocycles. The average Bonchev–Trinajstić information content (AvgIpc) is 2.31. The van der Waals surface area contributed by atoms with E-state index in [0.29, 0.717) is 6.54 Å². The van der Waals surface area contributed by atoms with Gasteiger partial charge in [-0.15, -0.1) is 0 Å². The van der Waals surface area contributed by atoms with E-state index in [4.69, 9.17) is 5.11 Å². The molecule has 0 heterocycles. The molecule has 0 bridgehead atoms. The number of aliphatic carboxylic acids is 1. The Morgan fingerprint density at radius 2 is 1.82 bits per heavy atom. The van der Waals surface area contributed by atoms with Crippen molar-refractivity contribution in [2.75, 3.05) is 6.54 Å². The number of carboxylic acid groups (broad SMARTS) is 1. The lowest BCUT2D eigenvalue weighted by Gasteiger charge is -2.07. The van der Waals surface area contributed by atoms with Crippen molar-refractivity contribution in [2.45, 2.75) is 27.7 Å². The summed E-state index contributed by atoms with van der Waals surface area (Å²) in [6, 6.07) is 0. The third-order valence-corrected chi connectivity index (χ3v) is 1.68. The Bertz CT molecular complexity index is 328. The van der Waals surface area contributed by atoms with Crippen molar-refractivity contribution in [3.8, 4) is 0 Å². The largest absolute Gasteiger partial charge is 0.478 e. The molecule has 0 fully saturated rings. The van der Waals surface area contributed by atoms with Gasteiger partial charge in [0, 0.05) is 6.54 Å². The number of amides is 1. The number of carbonyl (C=O) groups excluding carboxylic acids is 1. The minimum absolute atomic E-state index is 0.0270. The molecule has 0 aromatic rings. The van der Waals surface area contributed by atoms with Gasteiger partial charge in [-0.3, -0.25) is 4.79 Å². The van der Waals surface area contributed by atoms with E-state index in [1.807, 2.05) is 13.8 Å². The van der Waals surface area contributed by atoms with Gasteiger partial charge in [0.2, 0.25) is 0 Å². The van der Waals surface area contributed by atoms with Crippen molar-refractivity contribution in [3.63, 3.8) is 0 Å². The molecule has 0 spiro atoms. The number of likely N-dealkylation sites (N-methyl/N-ethyl adjacent to an activating group) is 1. The molecule has 0 atom stereocenters. The van der Waals surface area contributed by atoms with Crippen LogP contribution in [0.5, 0.6) is 0 Å². The second kappa shape index (κ2) is 10.7. The van der Waals surface area contributed by atoms with E-state index in [-0.39, 0.29) is 11.1 Å². The molecule has 4 heteroatoms. The predicted octanol–water partition coefficient (Wildman–Crippen LogP) is 2.29. The van der Waals surface area contributed by atoms with Crippen molar-refractivity contribution in [3.05, 3.63) is 36.0 Å². The highest BCUT2D eigenvalue weighted by Gasteiger charge is 2.17. The van der Waals surface area contributed by atoms with Crippen molar-refractivity contribution >= 4 is 11.9 Å². The zero-order valence-electron chi connectivity index (χ0n) is 10.9. The molecule has 2 N–H and O–H groups in total. The Hall–Kier alpha value is -1.84. The highest BCUT2D eigenvalue weighted by Crippen LogP contribution is 2.10. The van der Waals surface area contributed by atoms with Gasteiger partial charge in [-0.2, -0.15) is 0 Å². The topological polar surface area (TPSA) is 66.4 Å². The summed E-state index contributed by atoms with van der Waals surface area (Å²) in [7, 11) is 0. The standard InChI is InChI=1S/C11H15NO3.C2H6/c1-4-7-9(10(13)12-6-3)8(5-2)11(14)15;1-2/h4-5,7H,1,6H2,2-3H3,(H,12,13)(H,14,15);1-2H3/b8-5+,9-7+;. The zero-order chi connectivity index (χ0) is 13.8. The van der Waals surface area contributed by atoms with Gasteiger partial charge in [0.25, 0.3) is 5.91 Å². The van der Waals surface area contributed by atoms with Crippen molar-refractivity contribution in [1.82, 2.24) is 5.32 Å². The molecule has 0 aliphatic rings. The van der Waals surface area contributed by atoms with E-state index in [1.165, 1.54) is 18.2 Å². The van der Waals surface area contributed by atoms with Crippen LogP contribution in [0.2, 0.25) is 0 Å². The van der Waals surface area contributed by atoms with E-state index in [1.54, 1.807) is 13.8 Å². The van der Waals surface area contributed by atoms with Crippen LogP contribution in [0.15, 0.2) is 36.0 Å². The summed E-state index contributed by atoms with van der Waals surface area (Å²) in [5.74, 6) is -1.54. The summed E-state index contributed by atoms with van der Waals surface area (Å²) in [5.41, 5.74) is 0.0858. The van der Waals surface area contributed by atoms with Gasteiger partial charge in [-0.1, -0.05) is 32.6 Å². The van der Waals surface area contributed by atoms with Crippen LogP contribution in [0.1, 0.15) is 27.7 Å². The normalized spacial score (nSPS) is 11.1. The van der Waals surface area contributed by atoms with Gasteiger partial charge in [0.15, 0.2) is 0 Å². The summed E-state index contributed by atoms with van der Waals surface area (Å²) in [6.07, 6.45) is 4.15. The Balaban J connectivity index is 0. The molecule has 0 saturated carbocycles. The summed E-state index contributed by atoms with van der Waals surface area (Å²) >= 11 is 0. The van der Waals surface area contributed by atoms with E-state index in [0.717, 1.165) is 0 Å². The molecule has 0 aliphatic carbocycles. The smallest absolute Gasteiger partial charge is 0.336 e. The Morgan fingerprint density at radius 1 is 1.29 bits per heavy atom. The minimum atomic E-state index is -1.13. The van der Waals surface area contributed by atoms with E-state index >= 15 is 0 Å². The molecule has 1 amide bonds. The maximum absolute atomic E-state index is 11.5. The highest BCUT2D eigenvalue weighted by atomic mass is 16.4. The first-order valence-electron chi connectivity index (χ1n) is 5.59. The van der Waals surface area contributed by atoms with Crippen molar-refractivity contribution < 1.29 is 14.7 Å². The lowest BCUT2D eigenvalue weighted by atomic mass is 10.0. The van der Waals surface area contributed by atoms with Gasteiger partial charge < -0.3 is 10.4 Å². The van der Waals surface area contributed by atoms with Crippen LogP contribution < -0.4 is 5.32 Å². The third kappa shape index (κ3) is 6.35.